The molecule has 3 atom stereocenters. The van der Waals surface area contributed by atoms with Crippen LogP contribution in [0.5, 0.6) is 5.75 Å². The van der Waals surface area contributed by atoms with Crippen molar-refractivity contribution < 1.29 is 28.7 Å². The van der Waals surface area contributed by atoms with Gasteiger partial charge in [0.2, 0.25) is 11.8 Å². The number of aryl methyl sites for hydroxylation is 1. The van der Waals surface area contributed by atoms with Crippen molar-refractivity contribution in [2.45, 2.75) is 50.1 Å². The average Bonchev–Trinajstić information content (AvgIpc) is 3.41. The van der Waals surface area contributed by atoms with E-state index < -0.39 is 29.7 Å². The number of nitrogens with zero attached hydrogens (tertiary/aromatic N) is 5. The molecule has 0 saturated carbocycles. The van der Waals surface area contributed by atoms with Gasteiger partial charge in [0.25, 0.3) is 23.3 Å². The smallest absolute Gasteiger partial charge is 0.282 e. The molecular weight excluding hydrogens is 758 g/mol. The number of hydrogen-bond acceptors (Lipinski definition) is 10. The lowest BCUT2D eigenvalue weighted by Gasteiger charge is -2.37. The van der Waals surface area contributed by atoms with Gasteiger partial charge in [-0.1, -0.05) is 24.0 Å². The number of aromatic nitrogens is 2. The molecule has 0 radical (unpaired) electrons. The number of likely N-dealkylation sites (tertiary alicyclic amines) is 2. The number of likely N-dealkylation sites (N-methyl/N-ethyl adjacent to an activating group) is 1. The minimum absolute atomic E-state index is 0.000384. The molecule has 1 aromatic heterocycles. The van der Waals surface area contributed by atoms with Gasteiger partial charge in [-0.3, -0.25) is 39.0 Å². The van der Waals surface area contributed by atoms with Crippen LogP contribution in [-0.4, -0.2) is 106 Å². The lowest BCUT2D eigenvalue weighted by atomic mass is 9.87. The van der Waals surface area contributed by atoms with Crippen LogP contribution < -0.4 is 20.9 Å². The van der Waals surface area contributed by atoms with Gasteiger partial charge in [0.1, 0.15) is 22.9 Å². The predicted octanol–water partition coefficient (Wildman–Crippen LogP) is 2.78. The van der Waals surface area contributed by atoms with Crippen molar-refractivity contribution in [1.82, 2.24) is 29.8 Å². The molecule has 4 aliphatic rings. The van der Waals surface area contributed by atoms with E-state index in [-0.39, 0.29) is 59.9 Å². The Labute approximate surface area is 320 Å². The summed E-state index contributed by atoms with van der Waals surface area (Å²) in [4.78, 5) is 80.6. The Morgan fingerprint density at radius 3 is 2.46 bits per heavy atom. The highest BCUT2D eigenvalue weighted by Gasteiger charge is 2.44. The number of carbonyl (C=O) groups excluding carboxylic acids is 5. The summed E-state index contributed by atoms with van der Waals surface area (Å²) < 4.78 is 7.53. The Bertz CT molecular complexity index is 2130. The molecule has 1 unspecified atom stereocenters. The number of ether oxygens (including phenoxy) is 1. The van der Waals surface area contributed by atoms with E-state index >= 15 is 0 Å². The molecule has 15 heteroatoms. The molecule has 5 amide bonds. The van der Waals surface area contributed by atoms with Crippen LogP contribution in [0.2, 0.25) is 0 Å². The Balaban J connectivity index is 0.881. The van der Waals surface area contributed by atoms with E-state index in [1.54, 1.807) is 19.3 Å². The largest absolute Gasteiger partial charge is 0.481 e. The van der Waals surface area contributed by atoms with E-state index in [2.05, 4.69) is 55.5 Å². The van der Waals surface area contributed by atoms with E-state index in [9.17, 15) is 28.8 Å². The van der Waals surface area contributed by atoms with E-state index in [0.717, 1.165) is 42.8 Å². The van der Waals surface area contributed by atoms with Gasteiger partial charge in [0, 0.05) is 57.2 Å². The quantitative estimate of drug-likeness (QED) is 0.269. The number of nitrogens with one attached hydrogen (secondary N) is 2. The maximum absolute atomic E-state index is 13.4. The lowest BCUT2D eigenvalue weighted by molar-refractivity contribution is -0.136. The highest BCUT2D eigenvalue weighted by atomic mass is 79.9. The van der Waals surface area contributed by atoms with Gasteiger partial charge in [0.05, 0.1) is 23.0 Å². The maximum Gasteiger partial charge on any atom is 0.282 e. The van der Waals surface area contributed by atoms with Gasteiger partial charge >= 0.3 is 0 Å². The third-order valence-corrected chi connectivity index (χ3v) is 11.3. The van der Waals surface area contributed by atoms with Crippen LogP contribution in [0.3, 0.4) is 0 Å². The summed E-state index contributed by atoms with van der Waals surface area (Å²) in [6.07, 6.45) is 4.16. The Morgan fingerprint density at radius 1 is 0.981 bits per heavy atom. The second-order valence-corrected chi connectivity index (χ2v) is 15.0. The Kier molecular flexibility index (Phi) is 10.7. The van der Waals surface area contributed by atoms with E-state index in [1.807, 2.05) is 29.2 Å². The molecule has 3 fully saturated rings. The first-order valence-electron chi connectivity index (χ1n) is 18.0. The normalized spacial score (nSPS) is 22.0. The molecule has 2 N–H and O–H groups in total. The number of hydrogen-bond donors (Lipinski definition) is 2. The van der Waals surface area contributed by atoms with Crippen LogP contribution in [0.25, 0.3) is 0 Å². The average molecular weight is 799 g/mol. The fourth-order valence-electron chi connectivity index (χ4n) is 7.65. The molecule has 5 heterocycles. The molecule has 3 saturated heterocycles. The standard InChI is InChI=1S/C39H40BrN7O7/c1-44-21-26(18-27(22-44)42-31-20-41-45(2)39(53)34(31)40)24-5-7-25(8-6-24)36(50)46-15-13-23(14-16-46)4-3-17-54-28-9-10-29-30(19-28)38(52)47(37(29)51)32-11-12-33(48)43-35(32)49/h5-10,19-20,23,26-27,32,42H,11-18,21-22H2,1-2H3,(H,43,48,49)/t26-,27+,32?/m0/s1. The fourth-order valence-corrected chi connectivity index (χ4v) is 8.12. The van der Waals surface area contributed by atoms with Gasteiger partial charge in [-0.25, -0.2) is 4.68 Å². The minimum Gasteiger partial charge on any atom is -0.481 e. The summed E-state index contributed by atoms with van der Waals surface area (Å²) in [6.45, 7) is 2.99. The van der Waals surface area contributed by atoms with Crippen molar-refractivity contribution in [3.8, 4) is 17.6 Å². The molecule has 7 rings (SSSR count). The van der Waals surface area contributed by atoms with Crippen LogP contribution in [0, 0.1) is 17.8 Å². The summed E-state index contributed by atoms with van der Waals surface area (Å²) in [6, 6.07) is 11.6. The monoisotopic (exact) mass is 797 g/mol. The number of anilines is 1. The van der Waals surface area contributed by atoms with Crippen molar-refractivity contribution in [2.75, 3.05) is 45.2 Å². The zero-order valence-corrected chi connectivity index (χ0v) is 31.6. The first-order valence-corrected chi connectivity index (χ1v) is 18.8. The molecule has 3 aromatic rings. The highest BCUT2D eigenvalue weighted by molar-refractivity contribution is 9.10. The summed E-state index contributed by atoms with van der Waals surface area (Å²) in [5.74, 6) is 4.79. The summed E-state index contributed by atoms with van der Waals surface area (Å²) in [5.41, 5.74) is 2.63. The number of piperidine rings is 3. The molecule has 0 bridgehead atoms. The SMILES string of the molecule is CN1C[C@H](Nc2cnn(C)c(=O)c2Br)C[C@H](c2ccc(C(=O)N3CCC(C#CCOc4ccc5c(c4)C(=O)N(C4CCC(=O)NC4=O)C5=O)CC3)cc2)C1. The lowest BCUT2D eigenvalue weighted by Crippen LogP contribution is -2.54. The summed E-state index contributed by atoms with van der Waals surface area (Å²) in [5, 5.41) is 9.82. The van der Waals surface area contributed by atoms with Gasteiger partial charge in [-0.2, -0.15) is 5.10 Å². The van der Waals surface area contributed by atoms with Gasteiger partial charge in [0.15, 0.2) is 0 Å². The van der Waals surface area contributed by atoms with Crippen molar-refractivity contribution in [1.29, 1.82) is 0 Å². The van der Waals surface area contributed by atoms with Crippen LogP contribution in [0.4, 0.5) is 5.69 Å². The van der Waals surface area contributed by atoms with Gasteiger partial charge in [-0.15, -0.1) is 0 Å². The predicted molar refractivity (Wildman–Crippen MR) is 201 cm³/mol. The van der Waals surface area contributed by atoms with Crippen molar-refractivity contribution >= 4 is 51.2 Å². The number of rotatable bonds is 7. The van der Waals surface area contributed by atoms with Crippen molar-refractivity contribution in [3.63, 3.8) is 0 Å². The van der Waals surface area contributed by atoms with Crippen LogP contribution in [-0.2, 0) is 16.6 Å². The molecule has 2 aromatic carbocycles. The highest BCUT2D eigenvalue weighted by Crippen LogP contribution is 2.32. The number of halogens is 1. The fraction of sp³-hybridized carbons (Fsp3) is 0.410. The van der Waals surface area contributed by atoms with Gasteiger partial charge < -0.3 is 19.9 Å². The molecule has 54 heavy (non-hydrogen) atoms. The molecule has 14 nitrogen and oxygen atoms in total. The van der Waals surface area contributed by atoms with Crippen molar-refractivity contribution in [3.05, 3.63) is 85.7 Å². The number of benzene rings is 2. The van der Waals surface area contributed by atoms with E-state index in [1.165, 1.54) is 16.8 Å². The molecule has 0 aliphatic carbocycles. The third-order valence-electron chi connectivity index (χ3n) is 10.5. The molecule has 4 aliphatic heterocycles. The minimum atomic E-state index is -1.03. The Hall–Kier alpha value is -5.33. The molecule has 0 spiro atoms. The van der Waals surface area contributed by atoms with Crippen molar-refractivity contribution in [2.24, 2.45) is 13.0 Å². The summed E-state index contributed by atoms with van der Waals surface area (Å²) in [7, 11) is 3.70. The first-order chi connectivity index (χ1) is 26.0. The zero-order valence-electron chi connectivity index (χ0n) is 30.0. The second-order valence-electron chi connectivity index (χ2n) is 14.2. The zero-order chi connectivity index (χ0) is 38.1. The first kappa shape index (κ1) is 37.0. The number of carbonyl (C=O) groups is 5. The Morgan fingerprint density at radius 2 is 1.72 bits per heavy atom. The topological polar surface area (TPSA) is 163 Å². The second kappa shape index (κ2) is 15.6. The number of amides is 5. The number of fused-ring (bicyclic) bond motifs is 1. The van der Waals surface area contributed by atoms with E-state index in [0.29, 0.717) is 34.6 Å². The molecule has 280 valence electrons. The molecular formula is C39H40BrN7O7. The van der Waals surface area contributed by atoms with Gasteiger partial charge in [-0.05, 0) is 90.5 Å². The number of imide groups is 2. The van der Waals surface area contributed by atoms with Crippen LogP contribution in [0.1, 0.15) is 74.7 Å². The maximum atomic E-state index is 13.4. The van der Waals surface area contributed by atoms with E-state index in [4.69, 9.17) is 4.74 Å². The van der Waals surface area contributed by atoms with Crippen LogP contribution in [0.15, 0.2) is 57.9 Å². The third kappa shape index (κ3) is 7.67. The van der Waals surface area contributed by atoms with Crippen LogP contribution >= 0.6 is 15.9 Å². The summed E-state index contributed by atoms with van der Waals surface area (Å²) >= 11 is 3.41.